The number of benzene rings is 1. The van der Waals surface area contributed by atoms with E-state index in [4.69, 9.17) is 4.74 Å². The molecule has 2 atom stereocenters. The van der Waals surface area contributed by atoms with Gasteiger partial charge in [0.1, 0.15) is 12.4 Å². The first kappa shape index (κ1) is 12.8. The third-order valence-corrected chi connectivity index (χ3v) is 4.47. The second-order valence-corrected chi connectivity index (χ2v) is 6.08. The highest BCUT2D eigenvalue weighted by molar-refractivity contribution is 8.00. The van der Waals surface area contributed by atoms with E-state index in [1.165, 1.54) is 17.7 Å². The number of ether oxygens (including phenoxy) is 1. The quantitative estimate of drug-likeness (QED) is 0.813. The normalized spacial score (nSPS) is 23.9. The molecule has 0 bridgehead atoms. The van der Waals surface area contributed by atoms with Gasteiger partial charge >= 0.3 is 0 Å². The zero-order chi connectivity index (χ0) is 12.1. The van der Waals surface area contributed by atoms with Crippen LogP contribution in [-0.2, 0) is 0 Å². The van der Waals surface area contributed by atoms with Gasteiger partial charge in [0.25, 0.3) is 0 Å². The van der Waals surface area contributed by atoms with Crippen molar-refractivity contribution in [1.82, 2.24) is 5.32 Å². The van der Waals surface area contributed by atoms with E-state index >= 15 is 0 Å². The van der Waals surface area contributed by atoms with E-state index in [9.17, 15) is 0 Å². The lowest BCUT2D eigenvalue weighted by Gasteiger charge is -2.16. The summed E-state index contributed by atoms with van der Waals surface area (Å²) in [4.78, 5) is 0. The maximum Gasteiger partial charge on any atom is 0.119 e. The van der Waals surface area contributed by atoms with Gasteiger partial charge in [-0.3, -0.25) is 0 Å². The van der Waals surface area contributed by atoms with Gasteiger partial charge in [0.05, 0.1) is 0 Å². The van der Waals surface area contributed by atoms with Gasteiger partial charge in [0, 0.05) is 17.8 Å². The summed E-state index contributed by atoms with van der Waals surface area (Å²) in [5, 5.41) is 4.31. The molecule has 2 unspecified atom stereocenters. The Hall–Kier alpha value is -0.670. The van der Waals surface area contributed by atoms with Crippen LogP contribution in [0.4, 0.5) is 0 Å². The molecule has 94 valence electrons. The Kier molecular flexibility index (Phi) is 4.75. The summed E-state index contributed by atoms with van der Waals surface area (Å²) >= 11 is 2.06. The average molecular weight is 251 g/mol. The van der Waals surface area contributed by atoms with E-state index in [2.05, 4.69) is 43.1 Å². The first-order valence-corrected chi connectivity index (χ1v) is 7.35. The summed E-state index contributed by atoms with van der Waals surface area (Å²) in [5.41, 5.74) is 1.25. The SMILES string of the molecule is Cc1cccc(OCCNC2CCSC2C)c1. The first-order chi connectivity index (χ1) is 8.25. The van der Waals surface area contributed by atoms with E-state index < -0.39 is 0 Å². The zero-order valence-corrected chi connectivity index (χ0v) is 11.4. The van der Waals surface area contributed by atoms with Crippen molar-refractivity contribution in [2.75, 3.05) is 18.9 Å². The fourth-order valence-corrected chi connectivity index (χ4v) is 3.34. The second kappa shape index (κ2) is 6.31. The number of thioether (sulfide) groups is 1. The lowest BCUT2D eigenvalue weighted by atomic mass is 10.2. The summed E-state index contributed by atoms with van der Waals surface area (Å²) in [6.45, 7) is 6.07. The standard InChI is InChI=1S/C14H21NOS/c1-11-4-3-5-13(10-11)16-8-7-15-14-6-9-17-12(14)2/h3-5,10,12,14-15H,6-9H2,1-2H3. The minimum atomic E-state index is 0.668. The number of hydrogen-bond donors (Lipinski definition) is 1. The van der Waals surface area contributed by atoms with E-state index in [1.54, 1.807) is 0 Å². The highest BCUT2D eigenvalue weighted by Gasteiger charge is 2.22. The van der Waals surface area contributed by atoms with E-state index in [-0.39, 0.29) is 0 Å². The highest BCUT2D eigenvalue weighted by atomic mass is 32.2. The fourth-order valence-electron chi connectivity index (χ4n) is 2.12. The number of nitrogens with one attached hydrogen (secondary N) is 1. The smallest absolute Gasteiger partial charge is 0.119 e. The molecule has 1 saturated heterocycles. The predicted octanol–water partition coefficient (Wildman–Crippen LogP) is 2.86. The topological polar surface area (TPSA) is 21.3 Å². The van der Waals surface area contributed by atoms with Gasteiger partial charge in [-0.05, 0) is 36.8 Å². The minimum absolute atomic E-state index is 0.668. The monoisotopic (exact) mass is 251 g/mol. The van der Waals surface area contributed by atoms with E-state index in [1.807, 2.05) is 12.1 Å². The van der Waals surface area contributed by atoms with Crippen LogP contribution < -0.4 is 10.1 Å². The predicted molar refractivity (Wildman–Crippen MR) is 75.0 cm³/mol. The van der Waals surface area contributed by atoms with Crippen molar-refractivity contribution in [1.29, 1.82) is 0 Å². The molecule has 1 aromatic rings. The van der Waals surface area contributed by atoms with Crippen molar-refractivity contribution in [3.63, 3.8) is 0 Å². The lowest BCUT2D eigenvalue weighted by molar-refractivity contribution is 0.304. The van der Waals surface area contributed by atoms with Crippen LogP contribution in [0.1, 0.15) is 18.9 Å². The molecule has 1 aliphatic rings. The summed E-state index contributed by atoms with van der Waals surface area (Å²) in [6.07, 6.45) is 1.29. The van der Waals surface area contributed by atoms with Gasteiger partial charge in [-0.2, -0.15) is 11.8 Å². The summed E-state index contributed by atoms with van der Waals surface area (Å²) in [6, 6.07) is 8.88. The van der Waals surface area contributed by atoms with Crippen molar-refractivity contribution >= 4 is 11.8 Å². The molecule has 0 saturated carbocycles. The molecule has 2 nitrogen and oxygen atoms in total. The lowest BCUT2D eigenvalue weighted by Crippen LogP contribution is -2.36. The zero-order valence-electron chi connectivity index (χ0n) is 10.6. The third kappa shape index (κ3) is 3.93. The number of rotatable bonds is 5. The Morgan fingerprint density at radius 3 is 3.06 bits per heavy atom. The van der Waals surface area contributed by atoms with E-state index in [0.717, 1.165) is 24.2 Å². The molecule has 17 heavy (non-hydrogen) atoms. The molecule has 2 rings (SSSR count). The van der Waals surface area contributed by atoms with Gasteiger partial charge in [0.2, 0.25) is 0 Å². The average Bonchev–Trinajstić information content (AvgIpc) is 2.71. The molecule has 0 amide bonds. The molecule has 1 fully saturated rings. The summed E-state index contributed by atoms with van der Waals surface area (Å²) in [5.74, 6) is 2.26. The molecular weight excluding hydrogens is 230 g/mol. The van der Waals surface area contributed by atoms with Crippen LogP contribution >= 0.6 is 11.8 Å². The van der Waals surface area contributed by atoms with Gasteiger partial charge in [0.15, 0.2) is 0 Å². The van der Waals surface area contributed by atoms with E-state index in [0.29, 0.717) is 6.04 Å². The molecular formula is C14H21NOS. The fraction of sp³-hybridized carbons (Fsp3) is 0.571. The van der Waals surface area contributed by atoms with Crippen LogP contribution in [0.5, 0.6) is 5.75 Å². The molecule has 1 aromatic carbocycles. The van der Waals surface area contributed by atoms with Gasteiger partial charge < -0.3 is 10.1 Å². The Bertz CT molecular complexity index is 356. The van der Waals surface area contributed by atoms with Gasteiger partial charge in [-0.25, -0.2) is 0 Å². The molecule has 0 spiro atoms. The van der Waals surface area contributed by atoms with Crippen LogP contribution in [0.3, 0.4) is 0 Å². The van der Waals surface area contributed by atoms with Gasteiger partial charge in [-0.1, -0.05) is 19.1 Å². The van der Waals surface area contributed by atoms with Crippen LogP contribution in [-0.4, -0.2) is 30.2 Å². The molecule has 1 aliphatic heterocycles. The van der Waals surface area contributed by atoms with Crippen LogP contribution in [0.2, 0.25) is 0 Å². The Labute approximate surface area is 108 Å². The van der Waals surface area contributed by atoms with Crippen LogP contribution in [0.15, 0.2) is 24.3 Å². The maximum atomic E-state index is 5.71. The molecule has 1 N–H and O–H groups in total. The maximum absolute atomic E-state index is 5.71. The summed E-state index contributed by atoms with van der Waals surface area (Å²) in [7, 11) is 0. The van der Waals surface area contributed by atoms with Crippen molar-refractivity contribution in [3.8, 4) is 5.75 Å². The second-order valence-electron chi connectivity index (χ2n) is 4.59. The molecule has 0 radical (unpaired) electrons. The Morgan fingerprint density at radius 1 is 1.47 bits per heavy atom. The largest absolute Gasteiger partial charge is 0.492 e. The highest BCUT2D eigenvalue weighted by Crippen LogP contribution is 2.25. The molecule has 0 aliphatic carbocycles. The van der Waals surface area contributed by atoms with Crippen LogP contribution in [0.25, 0.3) is 0 Å². The Balaban J connectivity index is 1.66. The number of aryl methyl sites for hydroxylation is 1. The summed E-state index contributed by atoms with van der Waals surface area (Å²) < 4.78 is 5.71. The molecule has 3 heteroatoms. The van der Waals surface area contributed by atoms with Crippen molar-refractivity contribution < 1.29 is 4.74 Å². The minimum Gasteiger partial charge on any atom is -0.492 e. The van der Waals surface area contributed by atoms with Crippen molar-refractivity contribution in [2.24, 2.45) is 0 Å². The molecule has 0 aromatic heterocycles. The Morgan fingerprint density at radius 2 is 2.35 bits per heavy atom. The van der Waals surface area contributed by atoms with Gasteiger partial charge in [-0.15, -0.1) is 0 Å². The third-order valence-electron chi connectivity index (χ3n) is 3.14. The first-order valence-electron chi connectivity index (χ1n) is 6.30. The van der Waals surface area contributed by atoms with Crippen molar-refractivity contribution in [3.05, 3.63) is 29.8 Å². The van der Waals surface area contributed by atoms with Crippen LogP contribution in [0, 0.1) is 6.92 Å². The van der Waals surface area contributed by atoms with Crippen molar-refractivity contribution in [2.45, 2.75) is 31.6 Å². The molecule has 1 heterocycles. The number of hydrogen-bond acceptors (Lipinski definition) is 3.